The van der Waals surface area contributed by atoms with Crippen LogP contribution in [0.2, 0.25) is 0 Å². The summed E-state index contributed by atoms with van der Waals surface area (Å²) in [6.45, 7) is 1.72. The van der Waals surface area contributed by atoms with Gasteiger partial charge in [-0.15, -0.1) is 0 Å². The van der Waals surface area contributed by atoms with Crippen LogP contribution in [0.1, 0.15) is 21.9 Å². The number of rotatable bonds is 2. The summed E-state index contributed by atoms with van der Waals surface area (Å²) in [6.07, 6.45) is 1.52. The lowest BCUT2D eigenvalue weighted by Crippen LogP contribution is -2.02. The highest BCUT2D eigenvalue weighted by Gasteiger charge is 2.09. The number of nitrogens with zero attached hydrogens (tertiary/aromatic N) is 3. The zero-order valence-electron chi connectivity index (χ0n) is 9.58. The summed E-state index contributed by atoms with van der Waals surface area (Å²) >= 11 is 0. The van der Waals surface area contributed by atoms with Gasteiger partial charge in [-0.1, -0.05) is 0 Å². The maximum absolute atomic E-state index is 10.9. The molecule has 0 aliphatic heterocycles. The van der Waals surface area contributed by atoms with E-state index in [1.165, 1.54) is 12.3 Å². The molecule has 1 N–H and O–H groups in total. The van der Waals surface area contributed by atoms with Crippen molar-refractivity contribution < 1.29 is 9.90 Å². The summed E-state index contributed by atoms with van der Waals surface area (Å²) in [5.74, 6) is -1.07. The van der Waals surface area contributed by atoms with E-state index in [1.54, 1.807) is 25.1 Å². The van der Waals surface area contributed by atoms with E-state index in [1.807, 2.05) is 6.07 Å². The summed E-state index contributed by atoms with van der Waals surface area (Å²) in [6, 6.07) is 8.53. The summed E-state index contributed by atoms with van der Waals surface area (Å²) < 4.78 is 0. The first-order valence-electron chi connectivity index (χ1n) is 5.18. The molecule has 0 fully saturated rings. The van der Waals surface area contributed by atoms with Gasteiger partial charge in [-0.25, -0.2) is 14.8 Å². The molecule has 0 saturated heterocycles. The molecule has 0 spiro atoms. The number of hydrogen-bond donors (Lipinski definition) is 1. The van der Waals surface area contributed by atoms with Crippen molar-refractivity contribution >= 4 is 5.97 Å². The molecule has 0 bridgehead atoms. The molecule has 0 radical (unpaired) electrons. The van der Waals surface area contributed by atoms with Crippen molar-refractivity contribution in [3.63, 3.8) is 0 Å². The Morgan fingerprint density at radius 2 is 2.11 bits per heavy atom. The van der Waals surface area contributed by atoms with Crippen molar-refractivity contribution in [2.45, 2.75) is 6.92 Å². The van der Waals surface area contributed by atoms with Crippen LogP contribution in [0.15, 0.2) is 30.5 Å². The first-order valence-corrected chi connectivity index (χ1v) is 5.18. The zero-order chi connectivity index (χ0) is 13.1. The van der Waals surface area contributed by atoms with Crippen LogP contribution >= 0.6 is 0 Å². The fraction of sp³-hybridized carbons (Fsp3) is 0.0769. The first-order chi connectivity index (χ1) is 8.60. The number of carboxylic acids is 1. The lowest BCUT2D eigenvalue weighted by atomic mass is 10.1. The molecule has 5 heteroatoms. The van der Waals surface area contributed by atoms with Gasteiger partial charge in [0, 0.05) is 11.9 Å². The van der Waals surface area contributed by atoms with E-state index in [4.69, 9.17) is 10.4 Å². The molecule has 0 saturated carbocycles. The van der Waals surface area contributed by atoms with Crippen LogP contribution in [0.25, 0.3) is 11.1 Å². The van der Waals surface area contributed by atoms with Crippen molar-refractivity contribution in [1.29, 1.82) is 5.26 Å². The smallest absolute Gasteiger partial charge is 0.354 e. The predicted octanol–water partition coefficient (Wildman–Crippen LogP) is 2.02. The van der Waals surface area contributed by atoms with Crippen LogP contribution in [0.5, 0.6) is 0 Å². The van der Waals surface area contributed by atoms with Crippen molar-refractivity contribution in [3.05, 3.63) is 47.5 Å². The topological polar surface area (TPSA) is 86.9 Å². The molecule has 2 aromatic heterocycles. The number of aryl methyl sites for hydroxylation is 1. The normalized spacial score (nSPS) is 9.78. The minimum atomic E-state index is -1.07. The van der Waals surface area contributed by atoms with Crippen LogP contribution in [0.4, 0.5) is 0 Å². The molecule has 0 aromatic carbocycles. The van der Waals surface area contributed by atoms with Gasteiger partial charge in [-0.05, 0) is 42.3 Å². The van der Waals surface area contributed by atoms with E-state index in [0.717, 1.165) is 5.56 Å². The van der Waals surface area contributed by atoms with Crippen molar-refractivity contribution in [2.24, 2.45) is 0 Å². The van der Waals surface area contributed by atoms with E-state index in [9.17, 15) is 4.79 Å². The third-order valence-electron chi connectivity index (χ3n) is 2.38. The second kappa shape index (κ2) is 4.63. The Labute approximate surface area is 103 Å². The van der Waals surface area contributed by atoms with Crippen LogP contribution in [0, 0.1) is 18.3 Å². The van der Waals surface area contributed by atoms with Crippen LogP contribution in [-0.2, 0) is 0 Å². The average molecular weight is 239 g/mol. The SMILES string of the molecule is Cc1cc(-c2ccnc(C#N)c2)cc(C(=O)O)n1. The number of nitriles is 1. The molecule has 0 atom stereocenters. The Kier molecular flexibility index (Phi) is 3.02. The second-order valence-electron chi connectivity index (χ2n) is 3.73. The van der Waals surface area contributed by atoms with Gasteiger partial charge in [0.1, 0.15) is 17.5 Å². The minimum absolute atomic E-state index is 0.0136. The zero-order valence-corrected chi connectivity index (χ0v) is 9.58. The molecular formula is C13H9N3O2. The number of carboxylic acid groups (broad SMARTS) is 1. The standard InChI is InChI=1S/C13H9N3O2/c1-8-4-10(6-12(16-8)13(17)18)9-2-3-15-11(5-9)7-14/h2-6H,1H3,(H,17,18). The van der Waals surface area contributed by atoms with Gasteiger partial charge >= 0.3 is 5.97 Å². The Morgan fingerprint density at radius 3 is 2.78 bits per heavy atom. The Bertz CT molecular complexity index is 660. The summed E-state index contributed by atoms with van der Waals surface area (Å²) in [4.78, 5) is 18.7. The molecule has 88 valence electrons. The van der Waals surface area contributed by atoms with Crippen LogP contribution in [-0.4, -0.2) is 21.0 Å². The Hall–Kier alpha value is -2.74. The predicted molar refractivity (Wildman–Crippen MR) is 63.9 cm³/mol. The third kappa shape index (κ3) is 2.33. The summed E-state index contributed by atoms with van der Waals surface area (Å²) in [7, 11) is 0. The van der Waals surface area contributed by atoms with Gasteiger partial charge in [0.2, 0.25) is 0 Å². The Morgan fingerprint density at radius 1 is 1.33 bits per heavy atom. The highest BCUT2D eigenvalue weighted by atomic mass is 16.4. The highest BCUT2D eigenvalue weighted by Crippen LogP contribution is 2.21. The van der Waals surface area contributed by atoms with Crippen molar-refractivity contribution in [2.75, 3.05) is 0 Å². The van der Waals surface area contributed by atoms with Crippen LogP contribution in [0.3, 0.4) is 0 Å². The van der Waals surface area contributed by atoms with Gasteiger partial charge in [0.15, 0.2) is 0 Å². The molecule has 2 aromatic rings. The number of carbonyl (C=O) groups is 1. The van der Waals surface area contributed by atoms with Gasteiger partial charge < -0.3 is 5.11 Å². The fourth-order valence-electron chi connectivity index (χ4n) is 1.62. The molecule has 18 heavy (non-hydrogen) atoms. The van der Waals surface area contributed by atoms with Gasteiger partial charge in [0.05, 0.1) is 0 Å². The highest BCUT2D eigenvalue weighted by molar-refractivity contribution is 5.87. The molecule has 0 aliphatic carbocycles. The maximum atomic E-state index is 10.9. The van der Waals surface area contributed by atoms with Crippen LogP contribution < -0.4 is 0 Å². The largest absolute Gasteiger partial charge is 0.477 e. The van der Waals surface area contributed by atoms with Crippen molar-refractivity contribution in [1.82, 2.24) is 9.97 Å². The van der Waals surface area contributed by atoms with E-state index >= 15 is 0 Å². The van der Waals surface area contributed by atoms with E-state index in [0.29, 0.717) is 17.0 Å². The second-order valence-corrected chi connectivity index (χ2v) is 3.73. The number of pyridine rings is 2. The minimum Gasteiger partial charge on any atom is -0.477 e. The molecular weight excluding hydrogens is 230 g/mol. The van der Waals surface area contributed by atoms with Gasteiger partial charge in [-0.3, -0.25) is 0 Å². The van der Waals surface area contributed by atoms with Gasteiger partial charge in [0.25, 0.3) is 0 Å². The maximum Gasteiger partial charge on any atom is 0.354 e. The van der Waals surface area contributed by atoms with Crippen molar-refractivity contribution in [3.8, 4) is 17.2 Å². The number of aromatic nitrogens is 2. The summed E-state index contributed by atoms with van der Waals surface area (Å²) in [5.41, 5.74) is 2.34. The van der Waals surface area contributed by atoms with E-state index in [2.05, 4.69) is 9.97 Å². The Balaban J connectivity index is 2.57. The number of hydrogen-bond acceptors (Lipinski definition) is 4. The van der Waals surface area contributed by atoms with Gasteiger partial charge in [-0.2, -0.15) is 5.26 Å². The number of aromatic carboxylic acids is 1. The molecule has 0 amide bonds. The molecule has 2 rings (SSSR count). The quantitative estimate of drug-likeness (QED) is 0.866. The first kappa shape index (κ1) is 11.7. The monoisotopic (exact) mass is 239 g/mol. The average Bonchev–Trinajstić information content (AvgIpc) is 2.38. The molecule has 0 unspecified atom stereocenters. The molecule has 2 heterocycles. The molecule has 0 aliphatic rings. The summed E-state index contributed by atoms with van der Waals surface area (Å²) in [5, 5.41) is 17.7. The lowest BCUT2D eigenvalue weighted by molar-refractivity contribution is 0.0690. The van der Waals surface area contributed by atoms with E-state index < -0.39 is 5.97 Å². The lowest BCUT2D eigenvalue weighted by Gasteiger charge is -2.04. The van der Waals surface area contributed by atoms with E-state index in [-0.39, 0.29) is 5.69 Å². The third-order valence-corrected chi connectivity index (χ3v) is 2.38. The molecule has 5 nitrogen and oxygen atoms in total. The fourth-order valence-corrected chi connectivity index (χ4v) is 1.62.